The van der Waals surface area contributed by atoms with Crippen molar-refractivity contribution in [1.29, 1.82) is 0 Å². The van der Waals surface area contributed by atoms with Crippen LogP contribution in [0, 0.1) is 5.92 Å². The molecule has 3 heterocycles. The van der Waals surface area contributed by atoms with Crippen molar-refractivity contribution in [3.8, 4) is 0 Å². The van der Waals surface area contributed by atoms with Gasteiger partial charge in [0, 0.05) is 37.5 Å². The van der Waals surface area contributed by atoms with Crippen LogP contribution in [0.1, 0.15) is 31.9 Å². The molecule has 1 saturated heterocycles. The summed E-state index contributed by atoms with van der Waals surface area (Å²) in [5.41, 5.74) is 7.40. The second kappa shape index (κ2) is 7.61. The third kappa shape index (κ3) is 3.84. The number of nitrogens with one attached hydrogen (secondary N) is 1. The van der Waals surface area contributed by atoms with E-state index >= 15 is 0 Å². The van der Waals surface area contributed by atoms with Crippen molar-refractivity contribution in [2.24, 2.45) is 11.7 Å². The van der Waals surface area contributed by atoms with Crippen LogP contribution in [0.2, 0.25) is 0 Å². The molecule has 0 unspecified atom stereocenters. The Balaban J connectivity index is 1.61. The number of aromatic nitrogens is 3. The standard InChI is InChI=1S/C17H26N6O/c1-2-4-14-11-16(23-15(21-14)6-7-20-23)19-8-10-22-9-3-5-13(12-22)17(18)24/h6-7,11,13,19H,2-5,8-10,12H2,1H3,(H2,18,24)/t13-/m1/s1. The predicted molar refractivity (Wildman–Crippen MR) is 93.8 cm³/mol. The highest BCUT2D eigenvalue weighted by atomic mass is 16.1. The minimum Gasteiger partial charge on any atom is -0.369 e. The van der Waals surface area contributed by atoms with Gasteiger partial charge in [0.2, 0.25) is 5.91 Å². The molecular weight excluding hydrogens is 304 g/mol. The normalized spacial score (nSPS) is 18.8. The number of aryl methyl sites for hydroxylation is 1. The highest BCUT2D eigenvalue weighted by Crippen LogP contribution is 2.16. The van der Waals surface area contributed by atoms with E-state index in [4.69, 9.17) is 5.73 Å². The number of rotatable bonds is 7. The van der Waals surface area contributed by atoms with E-state index in [1.165, 1.54) is 0 Å². The summed E-state index contributed by atoms with van der Waals surface area (Å²) in [6.07, 6.45) is 5.75. The van der Waals surface area contributed by atoms with Crippen LogP contribution in [0.5, 0.6) is 0 Å². The van der Waals surface area contributed by atoms with Crippen LogP contribution in [0.25, 0.3) is 5.65 Å². The van der Waals surface area contributed by atoms with Gasteiger partial charge in [-0.3, -0.25) is 4.79 Å². The van der Waals surface area contributed by atoms with E-state index in [1.54, 1.807) is 6.20 Å². The number of carbonyl (C=O) groups is 1. The SMILES string of the molecule is CCCc1cc(NCCN2CCC[C@@H](C(N)=O)C2)n2nccc2n1. The van der Waals surface area contributed by atoms with Gasteiger partial charge in [-0.25, -0.2) is 4.98 Å². The van der Waals surface area contributed by atoms with E-state index in [0.29, 0.717) is 0 Å². The number of fused-ring (bicyclic) bond motifs is 1. The van der Waals surface area contributed by atoms with Gasteiger partial charge >= 0.3 is 0 Å². The van der Waals surface area contributed by atoms with E-state index in [0.717, 1.165) is 69.0 Å². The van der Waals surface area contributed by atoms with Crippen LogP contribution >= 0.6 is 0 Å². The third-order valence-electron chi connectivity index (χ3n) is 4.56. The van der Waals surface area contributed by atoms with Crippen molar-refractivity contribution in [2.45, 2.75) is 32.6 Å². The van der Waals surface area contributed by atoms with Gasteiger partial charge in [0.25, 0.3) is 0 Å². The Morgan fingerprint density at radius 2 is 2.38 bits per heavy atom. The zero-order chi connectivity index (χ0) is 16.9. The molecule has 3 N–H and O–H groups in total. The van der Waals surface area contributed by atoms with Gasteiger partial charge in [0.05, 0.1) is 12.1 Å². The van der Waals surface area contributed by atoms with E-state index in [9.17, 15) is 4.79 Å². The number of amides is 1. The van der Waals surface area contributed by atoms with Gasteiger partial charge in [0.15, 0.2) is 5.65 Å². The van der Waals surface area contributed by atoms with Crippen LogP contribution in [0.15, 0.2) is 18.3 Å². The Hall–Kier alpha value is -2.15. The average molecular weight is 330 g/mol. The van der Waals surface area contributed by atoms with Crippen molar-refractivity contribution in [3.63, 3.8) is 0 Å². The lowest BCUT2D eigenvalue weighted by atomic mass is 9.97. The molecule has 7 nitrogen and oxygen atoms in total. The molecule has 1 aliphatic heterocycles. The van der Waals surface area contributed by atoms with Gasteiger partial charge < -0.3 is 16.0 Å². The number of anilines is 1. The van der Waals surface area contributed by atoms with E-state index in [1.807, 2.05) is 10.6 Å². The first-order chi connectivity index (χ1) is 11.7. The van der Waals surface area contributed by atoms with E-state index in [2.05, 4.69) is 33.3 Å². The summed E-state index contributed by atoms with van der Waals surface area (Å²) in [4.78, 5) is 18.3. The van der Waals surface area contributed by atoms with Crippen LogP contribution in [-0.2, 0) is 11.2 Å². The van der Waals surface area contributed by atoms with Crippen molar-refractivity contribution in [3.05, 3.63) is 24.0 Å². The second-order valence-corrected chi connectivity index (χ2v) is 6.45. The number of primary amides is 1. The Morgan fingerprint density at radius 1 is 1.50 bits per heavy atom. The molecule has 3 rings (SSSR count). The molecule has 1 aliphatic rings. The van der Waals surface area contributed by atoms with Crippen LogP contribution in [0.3, 0.4) is 0 Å². The molecule has 2 aromatic rings. The molecule has 1 amide bonds. The first-order valence-electron chi connectivity index (χ1n) is 8.76. The topological polar surface area (TPSA) is 88.5 Å². The smallest absolute Gasteiger partial charge is 0.221 e. The predicted octanol–water partition coefficient (Wildman–Crippen LogP) is 1.29. The fraction of sp³-hybridized carbons (Fsp3) is 0.588. The number of piperidine rings is 1. The molecule has 1 atom stereocenters. The quantitative estimate of drug-likeness (QED) is 0.798. The molecule has 1 fully saturated rings. The maximum absolute atomic E-state index is 11.4. The van der Waals surface area contributed by atoms with Crippen LogP contribution in [-0.4, -0.2) is 51.6 Å². The Labute approximate surface area is 142 Å². The molecule has 0 spiro atoms. The maximum atomic E-state index is 11.4. The summed E-state index contributed by atoms with van der Waals surface area (Å²) < 4.78 is 1.83. The van der Waals surface area contributed by atoms with Crippen molar-refractivity contribution in [2.75, 3.05) is 31.5 Å². The average Bonchev–Trinajstić information content (AvgIpc) is 3.04. The molecule has 0 radical (unpaired) electrons. The highest BCUT2D eigenvalue weighted by molar-refractivity contribution is 5.76. The van der Waals surface area contributed by atoms with Crippen molar-refractivity contribution < 1.29 is 4.79 Å². The molecule has 2 aromatic heterocycles. The van der Waals surface area contributed by atoms with E-state index in [-0.39, 0.29) is 11.8 Å². The van der Waals surface area contributed by atoms with Gasteiger partial charge in [-0.1, -0.05) is 13.3 Å². The zero-order valence-corrected chi connectivity index (χ0v) is 14.2. The second-order valence-electron chi connectivity index (χ2n) is 6.45. The summed E-state index contributed by atoms with van der Waals surface area (Å²) in [7, 11) is 0. The lowest BCUT2D eigenvalue weighted by Crippen LogP contribution is -2.42. The maximum Gasteiger partial charge on any atom is 0.221 e. The Bertz CT molecular complexity index is 697. The van der Waals surface area contributed by atoms with Crippen molar-refractivity contribution in [1.82, 2.24) is 19.5 Å². The molecule has 0 saturated carbocycles. The summed E-state index contributed by atoms with van der Waals surface area (Å²) in [5.74, 6) is 0.787. The summed E-state index contributed by atoms with van der Waals surface area (Å²) in [6, 6.07) is 4.00. The van der Waals surface area contributed by atoms with Crippen LogP contribution in [0.4, 0.5) is 5.82 Å². The summed E-state index contributed by atoms with van der Waals surface area (Å²) >= 11 is 0. The first-order valence-corrected chi connectivity index (χ1v) is 8.76. The fourth-order valence-electron chi connectivity index (χ4n) is 3.31. The first kappa shape index (κ1) is 16.7. The summed E-state index contributed by atoms with van der Waals surface area (Å²) in [5, 5.41) is 7.80. The fourth-order valence-corrected chi connectivity index (χ4v) is 3.31. The van der Waals surface area contributed by atoms with Crippen LogP contribution < -0.4 is 11.1 Å². The molecule has 7 heteroatoms. The zero-order valence-electron chi connectivity index (χ0n) is 14.2. The molecule has 0 aliphatic carbocycles. The van der Waals surface area contributed by atoms with Gasteiger partial charge in [-0.15, -0.1) is 0 Å². The molecular formula is C17H26N6O. The Morgan fingerprint density at radius 3 is 3.17 bits per heavy atom. The molecule has 130 valence electrons. The molecule has 0 aromatic carbocycles. The Kier molecular flexibility index (Phi) is 5.30. The summed E-state index contributed by atoms with van der Waals surface area (Å²) in [6.45, 7) is 5.64. The third-order valence-corrected chi connectivity index (χ3v) is 4.56. The van der Waals surface area contributed by atoms with E-state index < -0.39 is 0 Å². The number of nitrogens with two attached hydrogens (primary N) is 1. The minimum absolute atomic E-state index is 0.00588. The number of carbonyl (C=O) groups excluding carboxylic acids is 1. The van der Waals surface area contributed by atoms with Gasteiger partial charge in [-0.2, -0.15) is 9.61 Å². The number of nitrogens with zero attached hydrogens (tertiary/aromatic N) is 4. The molecule has 24 heavy (non-hydrogen) atoms. The highest BCUT2D eigenvalue weighted by Gasteiger charge is 2.23. The van der Waals surface area contributed by atoms with Gasteiger partial charge in [0.1, 0.15) is 5.82 Å². The monoisotopic (exact) mass is 330 g/mol. The molecule has 0 bridgehead atoms. The number of likely N-dealkylation sites (tertiary alicyclic amines) is 1. The lowest BCUT2D eigenvalue weighted by Gasteiger charge is -2.31. The van der Waals surface area contributed by atoms with Gasteiger partial charge in [-0.05, 0) is 25.8 Å². The van der Waals surface area contributed by atoms with Crippen molar-refractivity contribution >= 4 is 17.4 Å². The largest absolute Gasteiger partial charge is 0.369 e. The number of hydrogen-bond acceptors (Lipinski definition) is 5. The minimum atomic E-state index is -0.177. The lowest BCUT2D eigenvalue weighted by molar-refractivity contribution is -0.123. The number of hydrogen-bond donors (Lipinski definition) is 2.